The molecule has 2 rings (SSSR count). The minimum absolute atomic E-state index is 0.0264. The Bertz CT molecular complexity index is 897. The Labute approximate surface area is 175 Å². The number of aromatic nitrogens is 2. The van der Waals surface area contributed by atoms with E-state index in [0.29, 0.717) is 44.2 Å². The molecular formula is C22H31FN2O5. The first-order valence-electron chi connectivity index (χ1n) is 10.5. The van der Waals surface area contributed by atoms with E-state index in [1.807, 2.05) is 6.92 Å². The molecule has 0 saturated carbocycles. The molecule has 8 heteroatoms. The number of unbranched alkanes of at least 4 members (excludes halogenated alkanes) is 2. The molecular weight excluding hydrogens is 391 g/mol. The van der Waals surface area contributed by atoms with Crippen molar-refractivity contribution in [3.63, 3.8) is 0 Å². The molecule has 0 aliphatic rings. The molecule has 7 nitrogen and oxygen atoms in total. The second kappa shape index (κ2) is 11.6. The van der Waals surface area contributed by atoms with Crippen molar-refractivity contribution < 1.29 is 23.8 Å². The van der Waals surface area contributed by atoms with E-state index in [9.17, 15) is 19.1 Å². The molecule has 1 aromatic carbocycles. The Morgan fingerprint density at radius 3 is 2.63 bits per heavy atom. The highest BCUT2D eigenvalue weighted by Gasteiger charge is 2.15. The van der Waals surface area contributed by atoms with Crippen LogP contribution < -0.4 is 10.3 Å². The Morgan fingerprint density at radius 1 is 1.20 bits per heavy atom. The minimum Gasteiger partial charge on any atom is -0.476 e. The lowest BCUT2D eigenvalue weighted by Gasteiger charge is -2.14. The standard InChI is InChI=1S/C22H31FN2O5/c1-15(26)9-4-6-13-25-22(28)20-18(11-8-12-19(20)23)21(24-25)29-14-7-5-10-16(2)30-17(3)27/h8,11-12,15-16,26H,4-7,9-10,13-14H2,1-3H3/t15-,16-/m1/s1. The van der Waals surface area contributed by atoms with Crippen LogP contribution in [0.3, 0.4) is 0 Å². The van der Waals surface area contributed by atoms with Crippen LogP contribution in [-0.4, -0.2) is 39.7 Å². The lowest BCUT2D eigenvalue weighted by molar-refractivity contribution is -0.145. The van der Waals surface area contributed by atoms with Crippen LogP contribution in [0.1, 0.15) is 59.3 Å². The van der Waals surface area contributed by atoms with Gasteiger partial charge in [0, 0.05) is 13.5 Å². The smallest absolute Gasteiger partial charge is 0.302 e. The third-order valence-corrected chi connectivity index (χ3v) is 4.76. The van der Waals surface area contributed by atoms with Crippen molar-refractivity contribution in [3.8, 4) is 5.88 Å². The summed E-state index contributed by atoms with van der Waals surface area (Å²) < 4.78 is 26.5. The quantitative estimate of drug-likeness (QED) is 0.415. The number of fused-ring (bicyclic) bond motifs is 1. The van der Waals surface area contributed by atoms with E-state index in [0.717, 1.165) is 12.8 Å². The Hall–Kier alpha value is -2.48. The van der Waals surface area contributed by atoms with Gasteiger partial charge in [0.05, 0.1) is 29.6 Å². The van der Waals surface area contributed by atoms with Crippen molar-refractivity contribution in [3.05, 3.63) is 34.4 Å². The van der Waals surface area contributed by atoms with Gasteiger partial charge in [0.25, 0.3) is 5.56 Å². The Kier molecular flexibility index (Phi) is 9.23. The van der Waals surface area contributed by atoms with Crippen LogP contribution in [0.5, 0.6) is 5.88 Å². The second-order valence-electron chi connectivity index (χ2n) is 7.60. The number of carbonyl (C=O) groups excluding carboxylic acids is 1. The number of hydrogen-bond acceptors (Lipinski definition) is 6. The van der Waals surface area contributed by atoms with Crippen LogP contribution >= 0.6 is 0 Å². The fraction of sp³-hybridized carbons (Fsp3) is 0.591. The highest BCUT2D eigenvalue weighted by molar-refractivity contribution is 5.86. The van der Waals surface area contributed by atoms with E-state index < -0.39 is 17.5 Å². The van der Waals surface area contributed by atoms with E-state index in [2.05, 4.69) is 5.10 Å². The molecule has 1 heterocycles. The van der Waals surface area contributed by atoms with Gasteiger partial charge in [-0.05, 0) is 64.5 Å². The summed E-state index contributed by atoms with van der Waals surface area (Å²) in [6.07, 6.45) is 3.67. The number of esters is 1. The maximum Gasteiger partial charge on any atom is 0.302 e. The highest BCUT2D eigenvalue weighted by Crippen LogP contribution is 2.23. The lowest BCUT2D eigenvalue weighted by Crippen LogP contribution is -2.25. The zero-order valence-corrected chi connectivity index (χ0v) is 17.9. The number of aliphatic hydroxyl groups is 1. The van der Waals surface area contributed by atoms with Gasteiger partial charge in [-0.15, -0.1) is 5.10 Å². The normalized spacial score (nSPS) is 13.2. The van der Waals surface area contributed by atoms with Gasteiger partial charge in [0.1, 0.15) is 5.82 Å². The van der Waals surface area contributed by atoms with Gasteiger partial charge in [-0.3, -0.25) is 9.59 Å². The fourth-order valence-electron chi connectivity index (χ4n) is 3.26. The van der Waals surface area contributed by atoms with Crippen LogP contribution in [0.15, 0.2) is 23.0 Å². The van der Waals surface area contributed by atoms with Crippen molar-refractivity contribution in [1.82, 2.24) is 9.78 Å². The molecule has 0 aliphatic carbocycles. The van der Waals surface area contributed by atoms with Crippen molar-refractivity contribution in [2.75, 3.05) is 6.61 Å². The van der Waals surface area contributed by atoms with Gasteiger partial charge < -0.3 is 14.6 Å². The summed E-state index contributed by atoms with van der Waals surface area (Å²) in [5, 5.41) is 14.0. The number of ether oxygens (including phenoxy) is 2. The molecule has 2 atom stereocenters. The first-order chi connectivity index (χ1) is 14.3. The van der Waals surface area contributed by atoms with Gasteiger partial charge in [-0.25, -0.2) is 9.07 Å². The number of nitrogens with zero attached hydrogens (tertiary/aromatic N) is 2. The SMILES string of the molecule is CC(=O)O[C@H](C)CCCCOc1nn(CCCC[C@@H](C)O)c(=O)c2c(F)cccc12. The molecule has 0 bridgehead atoms. The first kappa shape index (κ1) is 23.8. The van der Waals surface area contributed by atoms with E-state index in [-0.39, 0.29) is 23.3 Å². The molecule has 0 aliphatic heterocycles. The maximum absolute atomic E-state index is 14.4. The summed E-state index contributed by atoms with van der Waals surface area (Å²) in [4.78, 5) is 23.6. The van der Waals surface area contributed by atoms with Crippen LogP contribution in [0.2, 0.25) is 0 Å². The third-order valence-electron chi connectivity index (χ3n) is 4.76. The number of aryl methyl sites for hydroxylation is 1. The van der Waals surface area contributed by atoms with Gasteiger partial charge in [0.2, 0.25) is 5.88 Å². The largest absolute Gasteiger partial charge is 0.476 e. The molecule has 30 heavy (non-hydrogen) atoms. The molecule has 166 valence electrons. The van der Waals surface area contributed by atoms with Crippen LogP contribution in [0, 0.1) is 5.82 Å². The highest BCUT2D eigenvalue weighted by atomic mass is 19.1. The number of carbonyl (C=O) groups is 1. The lowest BCUT2D eigenvalue weighted by atomic mass is 10.1. The second-order valence-corrected chi connectivity index (χ2v) is 7.60. The molecule has 1 N–H and O–H groups in total. The number of hydrogen-bond donors (Lipinski definition) is 1. The molecule has 0 fully saturated rings. The Morgan fingerprint density at radius 2 is 1.93 bits per heavy atom. The topological polar surface area (TPSA) is 90.7 Å². The van der Waals surface area contributed by atoms with E-state index in [4.69, 9.17) is 9.47 Å². The average Bonchev–Trinajstić information content (AvgIpc) is 2.66. The van der Waals surface area contributed by atoms with E-state index in [1.54, 1.807) is 13.0 Å². The van der Waals surface area contributed by atoms with Crippen molar-refractivity contribution in [2.45, 2.75) is 78.0 Å². The van der Waals surface area contributed by atoms with Crippen molar-refractivity contribution in [1.29, 1.82) is 0 Å². The number of halogens is 1. The summed E-state index contributed by atoms with van der Waals surface area (Å²) in [6.45, 7) is 5.62. The summed E-state index contributed by atoms with van der Waals surface area (Å²) in [5.41, 5.74) is -0.484. The Balaban J connectivity index is 2.06. The van der Waals surface area contributed by atoms with Gasteiger partial charge in [-0.1, -0.05) is 6.07 Å². The molecule has 2 aromatic rings. The number of aliphatic hydroxyl groups excluding tert-OH is 1. The van der Waals surface area contributed by atoms with Gasteiger partial charge in [0.15, 0.2) is 0 Å². The third kappa shape index (κ3) is 7.09. The van der Waals surface area contributed by atoms with E-state index in [1.165, 1.54) is 23.7 Å². The number of benzene rings is 1. The maximum atomic E-state index is 14.4. The van der Waals surface area contributed by atoms with Crippen LogP contribution in [0.25, 0.3) is 10.8 Å². The van der Waals surface area contributed by atoms with Crippen molar-refractivity contribution >= 4 is 16.7 Å². The monoisotopic (exact) mass is 422 g/mol. The molecule has 0 unspecified atom stereocenters. The molecule has 0 amide bonds. The van der Waals surface area contributed by atoms with E-state index >= 15 is 0 Å². The summed E-state index contributed by atoms with van der Waals surface area (Å²) in [5.74, 6) is -0.669. The zero-order chi connectivity index (χ0) is 22.1. The predicted molar refractivity (Wildman–Crippen MR) is 112 cm³/mol. The summed E-state index contributed by atoms with van der Waals surface area (Å²) in [7, 11) is 0. The first-order valence-corrected chi connectivity index (χ1v) is 10.5. The molecule has 1 aromatic heterocycles. The number of rotatable bonds is 12. The van der Waals surface area contributed by atoms with Crippen LogP contribution in [0.4, 0.5) is 4.39 Å². The molecule has 0 radical (unpaired) electrons. The molecule has 0 spiro atoms. The molecule has 0 saturated heterocycles. The van der Waals surface area contributed by atoms with Gasteiger partial charge >= 0.3 is 5.97 Å². The minimum atomic E-state index is -0.599. The predicted octanol–water partition coefficient (Wildman–Crippen LogP) is 3.59. The zero-order valence-electron chi connectivity index (χ0n) is 17.9. The fourth-order valence-corrected chi connectivity index (χ4v) is 3.26. The average molecular weight is 422 g/mol. The summed E-state index contributed by atoms with van der Waals surface area (Å²) in [6, 6.07) is 4.41. The summed E-state index contributed by atoms with van der Waals surface area (Å²) >= 11 is 0. The van der Waals surface area contributed by atoms with Crippen molar-refractivity contribution in [2.24, 2.45) is 0 Å². The van der Waals surface area contributed by atoms with Gasteiger partial charge in [-0.2, -0.15) is 0 Å². The van der Waals surface area contributed by atoms with Crippen LogP contribution in [-0.2, 0) is 16.1 Å².